The molecule has 1 amide bonds. The van der Waals surface area contributed by atoms with E-state index in [0.29, 0.717) is 11.6 Å². The predicted molar refractivity (Wildman–Crippen MR) is 86.5 cm³/mol. The zero-order valence-corrected chi connectivity index (χ0v) is 13.2. The van der Waals surface area contributed by atoms with Crippen molar-refractivity contribution in [3.63, 3.8) is 0 Å². The van der Waals surface area contributed by atoms with E-state index in [0.717, 1.165) is 23.4 Å². The van der Waals surface area contributed by atoms with Gasteiger partial charge in [-0.05, 0) is 12.0 Å². The first-order valence-corrected chi connectivity index (χ1v) is 8.25. The van der Waals surface area contributed by atoms with E-state index in [2.05, 4.69) is 22.4 Å². The Balaban J connectivity index is 1.78. The number of nitrogens with one attached hydrogen (secondary N) is 1. The topological polar surface area (TPSA) is 54.9 Å². The lowest BCUT2D eigenvalue weighted by molar-refractivity contribution is -0.115. The predicted octanol–water partition coefficient (Wildman–Crippen LogP) is 3.84. The normalized spacial score (nSPS) is 10.5. The number of unbranched alkanes of at least 4 members (excludes halogenated alkanes) is 3. The van der Waals surface area contributed by atoms with Crippen molar-refractivity contribution in [1.29, 1.82) is 0 Å². The standard InChI is InChI=1S/C16H21N3OS/c1-2-3-4-8-11-15-18-19-16(21-15)17-14(20)12-13-9-6-5-7-10-13/h5-7,9-10H,2-4,8,11-12H2,1H3,(H,17,19,20). The maximum Gasteiger partial charge on any atom is 0.230 e. The van der Waals surface area contributed by atoms with Gasteiger partial charge in [-0.2, -0.15) is 0 Å². The Morgan fingerprint density at radius 3 is 2.71 bits per heavy atom. The molecule has 0 radical (unpaired) electrons. The van der Waals surface area contributed by atoms with Gasteiger partial charge in [0.1, 0.15) is 5.01 Å². The van der Waals surface area contributed by atoms with E-state index in [1.807, 2.05) is 30.3 Å². The maximum absolute atomic E-state index is 11.9. The van der Waals surface area contributed by atoms with Crippen LogP contribution < -0.4 is 5.32 Å². The SMILES string of the molecule is CCCCCCc1nnc(NC(=O)Cc2ccccc2)s1. The number of amides is 1. The number of carbonyl (C=O) groups excluding carboxylic acids is 1. The first-order chi connectivity index (χ1) is 10.3. The van der Waals surface area contributed by atoms with Crippen molar-refractivity contribution in [2.24, 2.45) is 0 Å². The fourth-order valence-corrected chi connectivity index (χ4v) is 2.85. The summed E-state index contributed by atoms with van der Waals surface area (Å²) in [5, 5.41) is 12.6. The molecule has 2 aromatic rings. The molecule has 0 bridgehead atoms. The number of anilines is 1. The van der Waals surface area contributed by atoms with Gasteiger partial charge in [0, 0.05) is 6.42 Å². The summed E-state index contributed by atoms with van der Waals surface area (Å²) in [4.78, 5) is 11.9. The molecule has 1 heterocycles. The van der Waals surface area contributed by atoms with Crippen molar-refractivity contribution < 1.29 is 4.79 Å². The van der Waals surface area contributed by atoms with Crippen LogP contribution in [0.4, 0.5) is 5.13 Å². The molecule has 5 heteroatoms. The third kappa shape index (κ3) is 5.63. The summed E-state index contributed by atoms with van der Waals surface area (Å²) in [6.07, 6.45) is 6.18. The first-order valence-electron chi connectivity index (χ1n) is 7.44. The van der Waals surface area contributed by atoms with E-state index in [1.165, 1.54) is 30.6 Å². The number of hydrogen-bond donors (Lipinski definition) is 1. The number of rotatable bonds is 8. The highest BCUT2D eigenvalue weighted by Gasteiger charge is 2.08. The molecule has 2 rings (SSSR count). The summed E-state index contributed by atoms with van der Waals surface area (Å²) < 4.78 is 0. The highest BCUT2D eigenvalue weighted by atomic mass is 32.1. The Morgan fingerprint density at radius 1 is 1.14 bits per heavy atom. The van der Waals surface area contributed by atoms with Gasteiger partial charge in [-0.15, -0.1) is 10.2 Å². The lowest BCUT2D eigenvalue weighted by atomic mass is 10.1. The van der Waals surface area contributed by atoms with Crippen LogP contribution in [-0.4, -0.2) is 16.1 Å². The number of benzene rings is 1. The maximum atomic E-state index is 11.9. The molecule has 0 atom stereocenters. The Kier molecular flexibility index (Phi) is 6.34. The zero-order chi connectivity index (χ0) is 14.9. The molecule has 0 aliphatic carbocycles. The van der Waals surface area contributed by atoms with E-state index in [1.54, 1.807) is 0 Å². The molecule has 21 heavy (non-hydrogen) atoms. The number of aromatic nitrogens is 2. The molecule has 0 unspecified atom stereocenters. The lowest BCUT2D eigenvalue weighted by Gasteiger charge is -2.00. The monoisotopic (exact) mass is 303 g/mol. The average Bonchev–Trinajstić information content (AvgIpc) is 2.92. The molecule has 1 aromatic carbocycles. The van der Waals surface area contributed by atoms with Gasteiger partial charge in [0.25, 0.3) is 0 Å². The van der Waals surface area contributed by atoms with Gasteiger partial charge in [0.15, 0.2) is 0 Å². The molecule has 0 saturated heterocycles. The fourth-order valence-electron chi connectivity index (χ4n) is 2.05. The molecule has 0 aliphatic heterocycles. The van der Waals surface area contributed by atoms with E-state index in [9.17, 15) is 4.79 Å². The van der Waals surface area contributed by atoms with E-state index in [4.69, 9.17) is 0 Å². The van der Waals surface area contributed by atoms with Gasteiger partial charge >= 0.3 is 0 Å². The van der Waals surface area contributed by atoms with Crippen LogP contribution in [0.15, 0.2) is 30.3 Å². The third-order valence-electron chi connectivity index (χ3n) is 3.16. The minimum atomic E-state index is -0.0464. The van der Waals surface area contributed by atoms with E-state index < -0.39 is 0 Å². The highest BCUT2D eigenvalue weighted by Crippen LogP contribution is 2.18. The Morgan fingerprint density at radius 2 is 1.95 bits per heavy atom. The molecule has 4 nitrogen and oxygen atoms in total. The molecule has 1 aromatic heterocycles. The van der Waals surface area contributed by atoms with Crippen molar-refractivity contribution in [3.8, 4) is 0 Å². The van der Waals surface area contributed by atoms with E-state index >= 15 is 0 Å². The summed E-state index contributed by atoms with van der Waals surface area (Å²) in [5.41, 5.74) is 0.999. The minimum Gasteiger partial charge on any atom is -0.300 e. The Bertz CT molecular complexity index is 554. The summed E-state index contributed by atoms with van der Waals surface area (Å²) in [6.45, 7) is 2.20. The van der Waals surface area contributed by atoms with Gasteiger partial charge in [-0.25, -0.2) is 0 Å². The van der Waals surface area contributed by atoms with Crippen molar-refractivity contribution in [1.82, 2.24) is 10.2 Å². The second-order valence-corrected chi connectivity index (χ2v) is 6.08. The second kappa shape index (κ2) is 8.52. The highest BCUT2D eigenvalue weighted by molar-refractivity contribution is 7.15. The number of aryl methyl sites for hydroxylation is 1. The van der Waals surface area contributed by atoms with Gasteiger partial charge in [-0.1, -0.05) is 67.9 Å². The molecule has 1 N–H and O–H groups in total. The molecule has 0 fully saturated rings. The Hall–Kier alpha value is -1.75. The zero-order valence-electron chi connectivity index (χ0n) is 12.3. The van der Waals surface area contributed by atoms with Crippen LogP contribution in [0.5, 0.6) is 0 Å². The van der Waals surface area contributed by atoms with Crippen LogP contribution in [0.25, 0.3) is 0 Å². The van der Waals surface area contributed by atoms with Crippen LogP contribution >= 0.6 is 11.3 Å². The largest absolute Gasteiger partial charge is 0.300 e. The molecule has 0 spiro atoms. The van der Waals surface area contributed by atoms with Gasteiger partial charge < -0.3 is 5.32 Å². The molecule has 112 valence electrons. The third-order valence-corrected chi connectivity index (χ3v) is 4.06. The van der Waals surface area contributed by atoms with Gasteiger partial charge in [-0.3, -0.25) is 4.79 Å². The van der Waals surface area contributed by atoms with Crippen molar-refractivity contribution >= 4 is 22.4 Å². The van der Waals surface area contributed by atoms with Crippen molar-refractivity contribution in [2.45, 2.75) is 45.4 Å². The van der Waals surface area contributed by atoms with Crippen LogP contribution in [0.1, 0.15) is 43.2 Å². The second-order valence-electron chi connectivity index (χ2n) is 5.02. The number of hydrogen-bond acceptors (Lipinski definition) is 4. The summed E-state index contributed by atoms with van der Waals surface area (Å²) in [6, 6.07) is 9.69. The van der Waals surface area contributed by atoms with E-state index in [-0.39, 0.29) is 5.91 Å². The fraction of sp³-hybridized carbons (Fsp3) is 0.438. The van der Waals surface area contributed by atoms with Crippen LogP contribution in [0.2, 0.25) is 0 Å². The van der Waals surface area contributed by atoms with Crippen molar-refractivity contribution in [3.05, 3.63) is 40.9 Å². The summed E-state index contributed by atoms with van der Waals surface area (Å²) in [5.74, 6) is -0.0464. The molecule has 0 saturated carbocycles. The number of nitrogens with zero attached hydrogens (tertiary/aromatic N) is 2. The average molecular weight is 303 g/mol. The molecular formula is C16H21N3OS. The van der Waals surface area contributed by atoms with Crippen LogP contribution in [0.3, 0.4) is 0 Å². The molecule has 0 aliphatic rings. The van der Waals surface area contributed by atoms with Crippen LogP contribution in [-0.2, 0) is 17.6 Å². The van der Waals surface area contributed by atoms with Gasteiger partial charge in [0.2, 0.25) is 11.0 Å². The van der Waals surface area contributed by atoms with Crippen LogP contribution in [0, 0.1) is 0 Å². The Labute approximate surface area is 129 Å². The minimum absolute atomic E-state index is 0.0464. The molecular weight excluding hydrogens is 282 g/mol. The van der Waals surface area contributed by atoms with Gasteiger partial charge in [0.05, 0.1) is 6.42 Å². The van der Waals surface area contributed by atoms with Crippen molar-refractivity contribution in [2.75, 3.05) is 5.32 Å². The smallest absolute Gasteiger partial charge is 0.230 e. The quantitative estimate of drug-likeness (QED) is 0.754. The number of carbonyl (C=O) groups is 1. The summed E-state index contributed by atoms with van der Waals surface area (Å²) >= 11 is 1.48. The first kappa shape index (κ1) is 15.6. The summed E-state index contributed by atoms with van der Waals surface area (Å²) in [7, 11) is 0. The lowest BCUT2D eigenvalue weighted by Crippen LogP contribution is -2.14.